The molecule has 1 amide bonds. The molecule has 2 N–H and O–H groups in total. The van der Waals surface area contributed by atoms with E-state index < -0.39 is 0 Å². The Kier molecular flexibility index (Phi) is 4.70. The van der Waals surface area contributed by atoms with Crippen LogP contribution in [0.2, 0.25) is 0 Å². The van der Waals surface area contributed by atoms with Gasteiger partial charge in [0.25, 0.3) is 0 Å². The van der Waals surface area contributed by atoms with Gasteiger partial charge in [0.05, 0.1) is 6.54 Å². The van der Waals surface area contributed by atoms with Crippen LogP contribution in [-0.4, -0.2) is 19.5 Å². The maximum Gasteiger partial charge on any atom is 0.233 e. The summed E-state index contributed by atoms with van der Waals surface area (Å²) < 4.78 is 0. The second-order valence-electron chi connectivity index (χ2n) is 4.34. The first-order valence-electron chi connectivity index (χ1n) is 6.35. The minimum Gasteiger partial charge on any atom is -0.358 e. The molecular formula is C16H18N2O. The van der Waals surface area contributed by atoms with Gasteiger partial charge >= 0.3 is 0 Å². The van der Waals surface area contributed by atoms with Gasteiger partial charge in [0.2, 0.25) is 5.91 Å². The van der Waals surface area contributed by atoms with E-state index in [1.807, 2.05) is 18.2 Å². The van der Waals surface area contributed by atoms with Gasteiger partial charge in [0.15, 0.2) is 0 Å². The van der Waals surface area contributed by atoms with E-state index in [2.05, 4.69) is 47.0 Å². The highest BCUT2D eigenvalue weighted by atomic mass is 16.1. The summed E-state index contributed by atoms with van der Waals surface area (Å²) in [6.45, 7) is 1.04. The topological polar surface area (TPSA) is 41.1 Å². The minimum atomic E-state index is 0.000839. The molecule has 2 aromatic carbocycles. The molecule has 0 aliphatic rings. The monoisotopic (exact) mass is 254 g/mol. The molecule has 0 heterocycles. The van der Waals surface area contributed by atoms with Crippen molar-refractivity contribution >= 4 is 5.91 Å². The maximum atomic E-state index is 11.1. The van der Waals surface area contributed by atoms with Gasteiger partial charge < -0.3 is 10.6 Å². The summed E-state index contributed by atoms with van der Waals surface area (Å²) >= 11 is 0. The molecule has 0 saturated carbocycles. The van der Waals surface area contributed by atoms with Crippen molar-refractivity contribution in [2.45, 2.75) is 6.54 Å². The normalized spacial score (nSPS) is 10.2. The molecular weight excluding hydrogens is 236 g/mol. The summed E-state index contributed by atoms with van der Waals surface area (Å²) in [5, 5.41) is 5.68. The van der Waals surface area contributed by atoms with Crippen molar-refractivity contribution in [3.8, 4) is 11.1 Å². The fraction of sp³-hybridized carbons (Fsp3) is 0.188. The number of carbonyl (C=O) groups excluding carboxylic acids is 1. The molecule has 0 spiro atoms. The highest BCUT2D eigenvalue weighted by Gasteiger charge is 1.99. The maximum absolute atomic E-state index is 11.1. The molecule has 0 aliphatic heterocycles. The Hall–Kier alpha value is -2.13. The first kappa shape index (κ1) is 13.3. The van der Waals surface area contributed by atoms with Crippen LogP contribution in [-0.2, 0) is 11.3 Å². The molecule has 3 heteroatoms. The Morgan fingerprint density at radius 3 is 2.21 bits per heavy atom. The van der Waals surface area contributed by atoms with Crippen LogP contribution < -0.4 is 10.6 Å². The zero-order chi connectivity index (χ0) is 13.5. The van der Waals surface area contributed by atoms with Crippen LogP contribution in [0.25, 0.3) is 11.1 Å². The first-order chi connectivity index (χ1) is 9.29. The molecule has 3 nitrogen and oxygen atoms in total. The Labute approximate surface area is 113 Å². The van der Waals surface area contributed by atoms with Crippen LogP contribution in [0.5, 0.6) is 0 Å². The van der Waals surface area contributed by atoms with Gasteiger partial charge in [-0.3, -0.25) is 4.79 Å². The van der Waals surface area contributed by atoms with Gasteiger partial charge in [-0.1, -0.05) is 54.6 Å². The van der Waals surface area contributed by atoms with Crippen LogP contribution in [0.3, 0.4) is 0 Å². The number of amides is 1. The first-order valence-corrected chi connectivity index (χ1v) is 6.35. The third-order valence-electron chi connectivity index (χ3n) is 2.95. The van der Waals surface area contributed by atoms with Crippen LogP contribution in [0.15, 0.2) is 54.6 Å². The number of hydrogen-bond donors (Lipinski definition) is 2. The van der Waals surface area contributed by atoms with E-state index in [4.69, 9.17) is 0 Å². The Morgan fingerprint density at radius 1 is 0.947 bits per heavy atom. The molecule has 0 bridgehead atoms. The highest BCUT2D eigenvalue weighted by Crippen LogP contribution is 2.18. The molecule has 0 atom stereocenters. The third-order valence-corrected chi connectivity index (χ3v) is 2.95. The van der Waals surface area contributed by atoms with Crippen molar-refractivity contribution in [1.29, 1.82) is 0 Å². The highest BCUT2D eigenvalue weighted by molar-refractivity contribution is 5.77. The van der Waals surface area contributed by atoms with Crippen LogP contribution >= 0.6 is 0 Å². The van der Waals surface area contributed by atoms with Crippen molar-refractivity contribution in [2.24, 2.45) is 0 Å². The van der Waals surface area contributed by atoms with Gasteiger partial charge in [-0.15, -0.1) is 0 Å². The summed E-state index contributed by atoms with van der Waals surface area (Å²) in [5.74, 6) is 0.000839. The fourth-order valence-corrected chi connectivity index (χ4v) is 1.85. The zero-order valence-corrected chi connectivity index (χ0v) is 11.0. The Bertz CT molecular complexity index is 520. The van der Waals surface area contributed by atoms with Crippen LogP contribution in [0, 0.1) is 0 Å². The summed E-state index contributed by atoms with van der Waals surface area (Å²) in [4.78, 5) is 11.1. The van der Waals surface area contributed by atoms with E-state index >= 15 is 0 Å². The predicted octanol–water partition coefficient (Wildman–Crippen LogP) is 2.19. The quantitative estimate of drug-likeness (QED) is 0.858. The summed E-state index contributed by atoms with van der Waals surface area (Å²) in [6, 6.07) is 18.7. The van der Waals surface area contributed by atoms with E-state index in [0.29, 0.717) is 13.1 Å². The Balaban J connectivity index is 1.94. The average Bonchev–Trinajstić information content (AvgIpc) is 2.48. The van der Waals surface area contributed by atoms with E-state index in [-0.39, 0.29) is 5.91 Å². The number of nitrogens with one attached hydrogen (secondary N) is 2. The molecule has 98 valence electrons. The molecule has 0 fully saturated rings. The van der Waals surface area contributed by atoms with Crippen molar-refractivity contribution < 1.29 is 4.79 Å². The standard InChI is InChI=1S/C16H18N2O/c1-17-16(19)12-18-11-13-7-9-15(10-8-13)14-5-3-2-4-6-14/h2-10,18H,11-12H2,1H3,(H,17,19). The zero-order valence-electron chi connectivity index (χ0n) is 11.0. The minimum absolute atomic E-state index is 0.000839. The fourth-order valence-electron chi connectivity index (χ4n) is 1.85. The van der Waals surface area contributed by atoms with Crippen molar-refractivity contribution in [2.75, 3.05) is 13.6 Å². The van der Waals surface area contributed by atoms with Crippen LogP contribution in [0.4, 0.5) is 0 Å². The molecule has 0 aromatic heterocycles. The number of likely N-dealkylation sites (N-methyl/N-ethyl adjacent to an activating group) is 1. The lowest BCUT2D eigenvalue weighted by Crippen LogP contribution is -2.30. The molecule has 0 saturated heterocycles. The second-order valence-corrected chi connectivity index (χ2v) is 4.34. The van der Waals surface area contributed by atoms with E-state index in [9.17, 15) is 4.79 Å². The lowest BCUT2D eigenvalue weighted by molar-refractivity contribution is -0.119. The lowest BCUT2D eigenvalue weighted by atomic mass is 10.0. The van der Waals surface area contributed by atoms with Gasteiger partial charge in [-0.05, 0) is 16.7 Å². The van der Waals surface area contributed by atoms with Gasteiger partial charge in [0, 0.05) is 13.6 Å². The lowest BCUT2D eigenvalue weighted by Gasteiger charge is -2.06. The van der Waals surface area contributed by atoms with E-state index in [1.54, 1.807) is 7.05 Å². The van der Waals surface area contributed by atoms with Gasteiger partial charge in [-0.25, -0.2) is 0 Å². The van der Waals surface area contributed by atoms with Crippen LogP contribution in [0.1, 0.15) is 5.56 Å². The molecule has 0 unspecified atom stereocenters. The van der Waals surface area contributed by atoms with E-state index in [0.717, 1.165) is 0 Å². The van der Waals surface area contributed by atoms with E-state index in [1.165, 1.54) is 16.7 Å². The van der Waals surface area contributed by atoms with Gasteiger partial charge in [-0.2, -0.15) is 0 Å². The number of hydrogen-bond acceptors (Lipinski definition) is 2. The molecule has 0 radical (unpaired) electrons. The summed E-state index contributed by atoms with van der Waals surface area (Å²) in [7, 11) is 1.64. The predicted molar refractivity (Wildman–Crippen MR) is 77.7 cm³/mol. The number of rotatable bonds is 5. The van der Waals surface area contributed by atoms with Gasteiger partial charge in [0.1, 0.15) is 0 Å². The molecule has 19 heavy (non-hydrogen) atoms. The molecule has 0 aliphatic carbocycles. The smallest absolute Gasteiger partial charge is 0.233 e. The molecule has 2 aromatic rings. The SMILES string of the molecule is CNC(=O)CNCc1ccc(-c2ccccc2)cc1. The summed E-state index contributed by atoms with van der Waals surface area (Å²) in [5.41, 5.74) is 3.59. The van der Waals surface area contributed by atoms with Crippen molar-refractivity contribution in [3.63, 3.8) is 0 Å². The third kappa shape index (κ3) is 3.93. The molecule has 2 rings (SSSR count). The number of benzene rings is 2. The van der Waals surface area contributed by atoms with Crippen molar-refractivity contribution in [3.05, 3.63) is 60.2 Å². The average molecular weight is 254 g/mol. The van der Waals surface area contributed by atoms with Crippen molar-refractivity contribution in [1.82, 2.24) is 10.6 Å². The summed E-state index contributed by atoms with van der Waals surface area (Å²) in [6.07, 6.45) is 0. The second kappa shape index (κ2) is 6.71. The number of carbonyl (C=O) groups is 1. The largest absolute Gasteiger partial charge is 0.358 e. The Morgan fingerprint density at radius 2 is 1.58 bits per heavy atom.